The monoisotopic (exact) mass is 543 g/mol. The first-order chi connectivity index (χ1) is 19.6. The maximum absolute atomic E-state index is 12.6. The highest BCUT2D eigenvalue weighted by molar-refractivity contribution is 5.91. The minimum Gasteiger partial charge on any atom is -0.494 e. The van der Waals surface area contributed by atoms with Crippen molar-refractivity contribution in [3.8, 4) is 22.8 Å². The van der Waals surface area contributed by atoms with Crippen molar-refractivity contribution in [2.75, 3.05) is 13.2 Å². The highest BCUT2D eigenvalue weighted by atomic mass is 16.5. The van der Waals surface area contributed by atoms with Crippen molar-refractivity contribution in [1.82, 2.24) is 4.98 Å². The van der Waals surface area contributed by atoms with Gasteiger partial charge in [-0.2, -0.15) is 0 Å². The molecule has 212 valence electrons. The molecule has 0 fully saturated rings. The van der Waals surface area contributed by atoms with Crippen LogP contribution >= 0.6 is 0 Å². The second kappa shape index (κ2) is 17.6. The van der Waals surface area contributed by atoms with Crippen LogP contribution in [0.2, 0.25) is 0 Å². The van der Waals surface area contributed by atoms with Crippen LogP contribution in [0.5, 0.6) is 11.5 Å². The average molecular weight is 544 g/mol. The van der Waals surface area contributed by atoms with Gasteiger partial charge in [-0.1, -0.05) is 58.1 Å². The first kappa shape index (κ1) is 30.6. The van der Waals surface area contributed by atoms with E-state index in [9.17, 15) is 9.59 Å². The number of esters is 2. The lowest BCUT2D eigenvalue weighted by Crippen LogP contribution is -2.08. The third-order valence-electron chi connectivity index (χ3n) is 6.56. The summed E-state index contributed by atoms with van der Waals surface area (Å²) in [5.41, 5.74) is 3.61. The Labute approximate surface area is 238 Å². The van der Waals surface area contributed by atoms with Crippen LogP contribution in [0.15, 0.2) is 79.5 Å². The summed E-state index contributed by atoms with van der Waals surface area (Å²) in [6, 6.07) is 18.6. The summed E-state index contributed by atoms with van der Waals surface area (Å²) in [6.07, 6.45) is 14.1. The molecule has 0 radical (unpaired) electrons. The van der Waals surface area contributed by atoms with Gasteiger partial charge in [0.15, 0.2) is 0 Å². The fraction of sp³-hybridized carbons (Fsp3) is 0.382. The quantitative estimate of drug-likeness (QED) is 0.0697. The fourth-order valence-corrected chi connectivity index (χ4v) is 4.20. The summed E-state index contributed by atoms with van der Waals surface area (Å²) < 4.78 is 16.3. The molecule has 6 heteroatoms. The lowest BCUT2D eigenvalue weighted by Gasteiger charge is -2.08. The van der Waals surface area contributed by atoms with Crippen LogP contribution in [0.3, 0.4) is 0 Å². The van der Waals surface area contributed by atoms with Crippen LogP contribution < -0.4 is 9.47 Å². The number of hydrogen-bond acceptors (Lipinski definition) is 6. The SMILES string of the molecule is C=CC(=O)OCCCCCCCOc1ccc(C(=O)Oc2ccc(-c3ccc(CCCCCC)cn3)cc2)cc1. The summed E-state index contributed by atoms with van der Waals surface area (Å²) >= 11 is 0. The van der Waals surface area contributed by atoms with Crippen molar-refractivity contribution in [2.45, 2.75) is 71.1 Å². The predicted molar refractivity (Wildman–Crippen MR) is 159 cm³/mol. The smallest absolute Gasteiger partial charge is 0.343 e. The Morgan fingerprint density at radius 2 is 1.45 bits per heavy atom. The van der Waals surface area contributed by atoms with Gasteiger partial charge in [0, 0.05) is 17.8 Å². The Morgan fingerprint density at radius 1 is 0.775 bits per heavy atom. The van der Waals surface area contributed by atoms with Gasteiger partial charge in [-0.25, -0.2) is 9.59 Å². The summed E-state index contributed by atoms with van der Waals surface area (Å²) in [7, 11) is 0. The van der Waals surface area contributed by atoms with E-state index < -0.39 is 5.97 Å². The summed E-state index contributed by atoms with van der Waals surface area (Å²) in [5, 5.41) is 0. The van der Waals surface area contributed by atoms with Gasteiger partial charge in [0.25, 0.3) is 0 Å². The molecule has 0 amide bonds. The van der Waals surface area contributed by atoms with Crippen LogP contribution in [-0.4, -0.2) is 30.1 Å². The van der Waals surface area contributed by atoms with E-state index in [0.29, 0.717) is 24.5 Å². The van der Waals surface area contributed by atoms with E-state index in [1.165, 1.54) is 37.3 Å². The van der Waals surface area contributed by atoms with Crippen molar-refractivity contribution < 1.29 is 23.8 Å². The number of rotatable bonds is 18. The summed E-state index contributed by atoms with van der Waals surface area (Å²) in [4.78, 5) is 28.2. The minimum atomic E-state index is -0.413. The molecule has 0 unspecified atom stereocenters. The highest BCUT2D eigenvalue weighted by Crippen LogP contribution is 2.22. The van der Waals surface area contributed by atoms with E-state index in [0.717, 1.165) is 55.5 Å². The summed E-state index contributed by atoms with van der Waals surface area (Å²) in [5.74, 6) is 0.422. The number of carbonyl (C=O) groups excluding carboxylic acids is 2. The zero-order chi connectivity index (χ0) is 28.4. The Hall–Kier alpha value is -3.93. The molecule has 0 aliphatic rings. The molecule has 1 heterocycles. The number of nitrogens with zero attached hydrogens (tertiary/aromatic N) is 1. The predicted octanol–water partition coefficient (Wildman–Crippen LogP) is 8.15. The molecule has 40 heavy (non-hydrogen) atoms. The van der Waals surface area contributed by atoms with Crippen molar-refractivity contribution >= 4 is 11.9 Å². The van der Waals surface area contributed by atoms with Crippen LogP contribution in [0.4, 0.5) is 0 Å². The van der Waals surface area contributed by atoms with Gasteiger partial charge >= 0.3 is 11.9 Å². The van der Waals surface area contributed by atoms with E-state index in [-0.39, 0.29) is 5.97 Å². The standard InChI is InChI=1S/C34H41NO5/c1-3-5-6-10-13-27-14-23-32(35-26-27)28-15-21-31(22-16-28)40-34(37)29-17-19-30(20-18-29)38-24-11-8-7-9-12-25-39-33(36)4-2/h4,14-23,26H,2-3,5-13,24-25H2,1H3. The first-order valence-electron chi connectivity index (χ1n) is 14.4. The molecule has 0 aliphatic heterocycles. The number of pyridine rings is 1. The number of ether oxygens (including phenoxy) is 3. The average Bonchev–Trinajstić information content (AvgIpc) is 2.99. The number of aryl methyl sites for hydroxylation is 1. The minimum absolute atomic E-state index is 0.371. The van der Waals surface area contributed by atoms with Crippen LogP contribution in [0.25, 0.3) is 11.3 Å². The van der Waals surface area contributed by atoms with Gasteiger partial charge in [0.1, 0.15) is 11.5 Å². The lowest BCUT2D eigenvalue weighted by atomic mass is 10.1. The number of carbonyl (C=O) groups is 2. The van der Waals surface area contributed by atoms with E-state index in [1.807, 2.05) is 24.4 Å². The molecule has 0 atom stereocenters. The Morgan fingerprint density at radius 3 is 2.12 bits per heavy atom. The van der Waals surface area contributed by atoms with Crippen molar-refractivity contribution in [1.29, 1.82) is 0 Å². The van der Waals surface area contributed by atoms with E-state index in [4.69, 9.17) is 14.2 Å². The number of benzene rings is 2. The third kappa shape index (κ3) is 11.0. The van der Waals surface area contributed by atoms with Crippen LogP contribution in [-0.2, 0) is 16.0 Å². The molecule has 3 aromatic rings. The molecule has 1 aromatic heterocycles. The maximum Gasteiger partial charge on any atom is 0.343 e. The molecule has 0 saturated heterocycles. The number of aromatic nitrogens is 1. The van der Waals surface area contributed by atoms with E-state index in [2.05, 4.69) is 24.6 Å². The largest absolute Gasteiger partial charge is 0.494 e. The molecule has 0 spiro atoms. The van der Waals surface area contributed by atoms with Gasteiger partial charge in [0.05, 0.1) is 24.5 Å². The topological polar surface area (TPSA) is 74.7 Å². The maximum atomic E-state index is 12.6. The van der Waals surface area contributed by atoms with Gasteiger partial charge in [-0.15, -0.1) is 0 Å². The van der Waals surface area contributed by atoms with Crippen LogP contribution in [0.1, 0.15) is 80.6 Å². The van der Waals surface area contributed by atoms with Crippen molar-refractivity contribution in [3.05, 3.63) is 90.6 Å². The zero-order valence-corrected chi connectivity index (χ0v) is 23.6. The van der Waals surface area contributed by atoms with Crippen LogP contribution in [0, 0.1) is 0 Å². The molecular formula is C34H41NO5. The Bertz CT molecular complexity index is 1170. The molecule has 6 nitrogen and oxygen atoms in total. The van der Waals surface area contributed by atoms with Crippen molar-refractivity contribution in [2.24, 2.45) is 0 Å². The zero-order valence-electron chi connectivity index (χ0n) is 23.6. The van der Waals surface area contributed by atoms with Crippen molar-refractivity contribution in [3.63, 3.8) is 0 Å². The van der Waals surface area contributed by atoms with E-state index >= 15 is 0 Å². The molecule has 3 rings (SSSR count). The first-order valence-corrected chi connectivity index (χ1v) is 14.4. The fourth-order valence-electron chi connectivity index (χ4n) is 4.20. The van der Waals surface area contributed by atoms with Gasteiger partial charge in [0.2, 0.25) is 0 Å². The molecule has 0 N–H and O–H groups in total. The Balaban J connectivity index is 1.36. The van der Waals surface area contributed by atoms with Gasteiger partial charge < -0.3 is 14.2 Å². The third-order valence-corrected chi connectivity index (χ3v) is 6.56. The molecule has 0 aliphatic carbocycles. The molecule has 2 aromatic carbocycles. The second-order valence-corrected chi connectivity index (χ2v) is 9.79. The number of hydrogen-bond donors (Lipinski definition) is 0. The second-order valence-electron chi connectivity index (χ2n) is 9.79. The molecular weight excluding hydrogens is 502 g/mol. The van der Waals surface area contributed by atoms with E-state index in [1.54, 1.807) is 36.4 Å². The lowest BCUT2D eigenvalue weighted by molar-refractivity contribution is -0.137. The van der Waals surface area contributed by atoms with Gasteiger partial charge in [-0.05, 0) is 85.8 Å². The summed E-state index contributed by atoms with van der Waals surface area (Å²) in [6.45, 7) is 6.64. The Kier molecular flexibility index (Phi) is 13.5. The normalized spacial score (nSPS) is 10.6. The molecule has 0 bridgehead atoms. The number of unbranched alkanes of at least 4 members (excludes halogenated alkanes) is 7. The van der Waals surface area contributed by atoms with Gasteiger partial charge in [-0.3, -0.25) is 4.98 Å². The highest BCUT2D eigenvalue weighted by Gasteiger charge is 2.10. The molecule has 0 saturated carbocycles.